The lowest BCUT2D eigenvalue weighted by atomic mass is 10.0. The van der Waals surface area contributed by atoms with Crippen molar-refractivity contribution in [2.45, 2.75) is 70.6 Å². The fraction of sp³-hybridized carbons (Fsp3) is 1.00. The normalized spacial score (nSPS) is 23.1. The lowest BCUT2D eigenvalue weighted by Gasteiger charge is -2.39. The molecular formula is C12H25P. The molecule has 0 bridgehead atoms. The molecule has 1 saturated carbocycles. The lowest BCUT2D eigenvalue weighted by molar-refractivity contribution is 0.505. The zero-order chi connectivity index (χ0) is 9.90. The third kappa shape index (κ3) is 3.24. The van der Waals surface area contributed by atoms with E-state index >= 15 is 0 Å². The maximum Gasteiger partial charge on any atom is -0.0177 e. The van der Waals surface area contributed by atoms with Gasteiger partial charge in [0.25, 0.3) is 0 Å². The zero-order valence-corrected chi connectivity index (χ0v) is 10.7. The number of hydrogen-bond donors (Lipinski definition) is 0. The van der Waals surface area contributed by atoms with Gasteiger partial charge in [-0.3, -0.25) is 0 Å². The Morgan fingerprint density at radius 2 is 1.62 bits per heavy atom. The van der Waals surface area contributed by atoms with Crippen molar-refractivity contribution >= 4 is 7.92 Å². The predicted octanol–water partition coefficient (Wildman–Crippen LogP) is 4.62. The van der Waals surface area contributed by atoms with Gasteiger partial charge in [-0.2, -0.15) is 0 Å². The van der Waals surface area contributed by atoms with Crippen LogP contribution in [0, 0.1) is 0 Å². The highest BCUT2D eigenvalue weighted by atomic mass is 31.1. The molecule has 0 nitrogen and oxygen atoms in total. The van der Waals surface area contributed by atoms with Crippen molar-refractivity contribution in [2.24, 2.45) is 0 Å². The van der Waals surface area contributed by atoms with E-state index in [1.165, 1.54) is 38.3 Å². The van der Waals surface area contributed by atoms with Crippen molar-refractivity contribution in [2.75, 3.05) is 6.16 Å². The van der Waals surface area contributed by atoms with Gasteiger partial charge in [0.15, 0.2) is 0 Å². The van der Waals surface area contributed by atoms with Crippen LogP contribution >= 0.6 is 7.92 Å². The van der Waals surface area contributed by atoms with E-state index in [-0.39, 0.29) is 7.92 Å². The summed E-state index contributed by atoms with van der Waals surface area (Å²) in [6.45, 7) is 9.72. The third-order valence-corrected chi connectivity index (χ3v) is 7.02. The topological polar surface area (TPSA) is 0 Å². The van der Waals surface area contributed by atoms with E-state index in [1.807, 2.05) is 0 Å². The molecule has 1 atom stereocenters. The highest BCUT2D eigenvalue weighted by Gasteiger charge is 2.30. The molecule has 1 fully saturated rings. The van der Waals surface area contributed by atoms with E-state index in [4.69, 9.17) is 0 Å². The van der Waals surface area contributed by atoms with Crippen LogP contribution in [-0.2, 0) is 0 Å². The Morgan fingerprint density at radius 3 is 2.00 bits per heavy atom. The first-order valence-corrected chi connectivity index (χ1v) is 7.42. The van der Waals surface area contributed by atoms with E-state index < -0.39 is 0 Å². The Kier molecular flexibility index (Phi) is 4.23. The van der Waals surface area contributed by atoms with Gasteiger partial charge in [0.05, 0.1) is 0 Å². The van der Waals surface area contributed by atoms with Crippen LogP contribution < -0.4 is 0 Å². The maximum atomic E-state index is 2.44. The molecule has 1 heteroatoms. The Morgan fingerprint density at radius 1 is 1.08 bits per heavy atom. The molecule has 13 heavy (non-hydrogen) atoms. The first-order valence-electron chi connectivity index (χ1n) is 5.82. The van der Waals surface area contributed by atoms with E-state index in [1.54, 1.807) is 0 Å². The Labute approximate surface area is 85.2 Å². The van der Waals surface area contributed by atoms with Crippen molar-refractivity contribution in [3.05, 3.63) is 0 Å². The second kappa shape index (κ2) is 4.78. The van der Waals surface area contributed by atoms with Crippen LogP contribution in [0.25, 0.3) is 0 Å². The van der Waals surface area contributed by atoms with Gasteiger partial charge in [0, 0.05) is 0 Å². The average molecular weight is 200 g/mol. The SMILES string of the molecule is CCP(C1CCCCC1)C(C)(C)C. The molecule has 0 amide bonds. The first kappa shape index (κ1) is 11.5. The highest BCUT2D eigenvalue weighted by Crippen LogP contribution is 2.56. The summed E-state index contributed by atoms with van der Waals surface area (Å²) in [6.07, 6.45) is 8.98. The minimum Gasteiger partial charge on any atom is -0.0983 e. The average Bonchev–Trinajstić information content (AvgIpc) is 2.05. The van der Waals surface area contributed by atoms with Gasteiger partial charge >= 0.3 is 0 Å². The van der Waals surface area contributed by atoms with Gasteiger partial charge in [-0.15, -0.1) is 0 Å². The summed E-state index contributed by atoms with van der Waals surface area (Å²) in [5.41, 5.74) is 1.09. The first-order chi connectivity index (χ1) is 6.05. The quantitative estimate of drug-likeness (QED) is 0.570. The molecule has 78 valence electrons. The van der Waals surface area contributed by atoms with Crippen LogP contribution in [-0.4, -0.2) is 17.0 Å². The van der Waals surface area contributed by atoms with E-state index in [0.717, 1.165) is 5.66 Å². The summed E-state index contributed by atoms with van der Waals surface area (Å²) < 4.78 is 0. The van der Waals surface area contributed by atoms with Crippen molar-refractivity contribution in [1.29, 1.82) is 0 Å². The molecule has 1 aliphatic rings. The second-order valence-electron chi connectivity index (χ2n) is 5.25. The van der Waals surface area contributed by atoms with Gasteiger partial charge in [0.1, 0.15) is 0 Å². The second-order valence-corrected chi connectivity index (χ2v) is 8.89. The maximum absolute atomic E-state index is 2.44. The van der Waals surface area contributed by atoms with E-state index in [2.05, 4.69) is 27.7 Å². The molecule has 0 N–H and O–H groups in total. The summed E-state index contributed by atoms with van der Waals surface area (Å²) in [5.74, 6) is 0. The van der Waals surface area contributed by atoms with Crippen molar-refractivity contribution in [3.63, 3.8) is 0 Å². The van der Waals surface area contributed by atoms with Crippen LogP contribution in [0.1, 0.15) is 59.8 Å². The Hall–Kier alpha value is 0.430. The molecular weight excluding hydrogens is 175 g/mol. The standard InChI is InChI=1S/C12H25P/c1-5-13(12(2,3)4)11-9-7-6-8-10-11/h11H,5-10H2,1-4H3. The van der Waals surface area contributed by atoms with Gasteiger partial charge in [-0.1, -0.05) is 54.9 Å². The molecule has 1 rings (SSSR count). The van der Waals surface area contributed by atoms with E-state index in [9.17, 15) is 0 Å². The largest absolute Gasteiger partial charge is 0.0983 e. The minimum atomic E-state index is 0.282. The molecule has 0 heterocycles. The van der Waals surface area contributed by atoms with Crippen molar-refractivity contribution < 1.29 is 0 Å². The molecule has 0 aromatic heterocycles. The zero-order valence-electron chi connectivity index (χ0n) is 9.77. The summed E-state index contributed by atoms with van der Waals surface area (Å²) in [4.78, 5) is 0. The summed E-state index contributed by atoms with van der Waals surface area (Å²) in [5, 5.41) is 0.589. The predicted molar refractivity (Wildman–Crippen MR) is 64.1 cm³/mol. The molecule has 0 saturated heterocycles. The monoisotopic (exact) mass is 200 g/mol. The number of hydrogen-bond acceptors (Lipinski definition) is 0. The summed E-state index contributed by atoms with van der Waals surface area (Å²) in [6, 6.07) is 0. The summed E-state index contributed by atoms with van der Waals surface area (Å²) >= 11 is 0. The fourth-order valence-electron chi connectivity index (χ4n) is 2.67. The fourth-order valence-corrected chi connectivity index (χ4v) is 6.22. The van der Waals surface area contributed by atoms with Crippen LogP contribution in [0.3, 0.4) is 0 Å². The third-order valence-electron chi connectivity index (χ3n) is 3.22. The van der Waals surface area contributed by atoms with Crippen molar-refractivity contribution in [3.8, 4) is 0 Å². The van der Waals surface area contributed by atoms with Gasteiger partial charge in [-0.25, -0.2) is 0 Å². The minimum absolute atomic E-state index is 0.282. The molecule has 0 radical (unpaired) electrons. The van der Waals surface area contributed by atoms with Gasteiger partial charge in [-0.05, 0) is 29.8 Å². The van der Waals surface area contributed by atoms with Crippen LogP contribution in [0.2, 0.25) is 0 Å². The Bertz CT molecular complexity index is 140. The van der Waals surface area contributed by atoms with Gasteiger partial charge in [0.2, 0.25) is 0 Å². The molecule has 1 aliphatic carbocycles. The molecule has 0 spiro atoms. The summed E-state index contributed by atoms with van der Waals surface area (Å²) in [7, 11) is 0.282. The van der Waals surface area contributed by atoms with Crippen LogP contribution in [0.4, 0.5) is 0 Å². The van der Waals surface area contributed by atoms with Crippen LogP contribution in [0.5, 0.6) is 0 Å². The highest BCUT2D eigenvalue weighted by molar-refractivity contribution is 7.59. The molecule has 0 aromatic carbocycles. The Balaban J connectivity index is 2.54. The van der Waals surface area contributed by atoms with Crippen molar-refractivity contribution in [1.82, 2.24) is 0 Å². The van der Waals surface area contributed by atoms with Gasteiger partial charge < -0.3 is 0 Å². The van der Waals surface area contributed by atoms with Crippen LogP contribution in [0.15, 0.2) is 0 Å². The lowest BCUT2D eigenvalue weighted by Crippen LogP contribution is -2.23. The smallest absolute Gasteiger partial charge is 0.0177 e. The number of rotatable bonds is 2. The molecule has 0 aromatic rings. The van der Waals surface area contributed by atoms with E-state index in [0.29, 0.717) is 5.16 Å². The molecule has 1 unspecified atom stereocenters. The molecule has 0 aliphatic heterocycles.